The van der Waals surface area contributed by atoms with Crippen LogP contribution in [0, 0.1) is 13.8 Å². The van der Waals surface area contributed by atoms with Crippen molar-refractivity contribution >= 4 is 39.1 Å². The maximum atomic E-state index is 14.0. The van der Waals surface area contributed by atoms with Gasteiger partial charge in [-0.05, 0) is 80.8 Å². The molecule has 40 heavy (non-hydrogen) atoms. The molecule has 1 atom stereocenters. The summed E-state index contributed by atoms with van der Waals surface area (Å²) in [5.74, 6) is -0.191. The summed E-state index contributed by atoms with van der Waals surface area (Å²) >= 11 is 6.16. The number of hydrogen-bond acceptors (Lipinski definition) is 5. The van der Waals surface area contributed by atoms with Crippen molar-refractivity contribution in [1.29, 1.82) is 0 Å². The molecule has 3 rings (SSSR count). The summed E-state index contributed by atoms with van der Waals surface area (Å²) in [7, 11) is -2.59. The van der Waals surface area contributed by atoms with Crippen LogP contribution < -0.4 is 14.4 Å². The number of carbonyl (C=O) groups excluding carboxylic acids is 2. The first kappa shape index (κ1) is 31.0. The van der Waals surface area contributed by atoms with Crippen molar-refractivity contribution in [3.05, 3.63) is 88.4 Å². The fourth-order valence-electron chi connectivity index (χ4n) is 4.16. The minimum atomic E-state index is -4.15. The smallest absolute Gasteiger partial charge is 0.264 e. The van der Waals surface area contributed by atoms with Gasteiger partial charge in [0.2, 0.25) is 11.8 Å². The van der Waals surface area contributed by atoms with E-state index < -0.39 is 28.5 Å². The van der Waals surface area contributed by atoms with Crippen LogP contribution in [0.25, 0.3) is 0 Å². The lowest BCUT2D eigenvalue weighted by atomic mass is 10.1. The van der Waals surface area contributed by atoms with Crippen LogP contribution in [0.2, 0.25) is 5.02 Å². The van der Waals surface area contributed by atoms with E-state index in [-0.39, 0.29) is 17.3 Å². The highest BCUT2D eigenvalue weighted by molar-refractivity contribution is 7.92. The second-order valence-electron chi connectivity index (χ2n) is 9.59. The quantitative estimate of drug-likeness (QED) is 0.319. The lowest BCUT2D eigenvalue weighted by molar-refractivity contribution is -0.139. The lowest BCUT2D eigenvalue weighted by Crippen LogP contribution is -2.51. The van der Waals surface area contributed by atoms with Crippen molar-refractivity contribution in [2.24, 2.45) is 0 Å². The number of ether oxygens (including phenoxy) is 1. The van der Waals surface area contributed by atoms with Crippen LogP contribution in [0.4, 0.5) is 5.69 Å². The molecule has 214 valence electrons. The molecule has 0 saturated carbocycles. The molecule has 2 amide bonds. The topological polar surface area (TPSA) is 96.0 Å². The van der Waals surface area contributed by atoms with E-state index in [1.54, 1.807) is 75.6 Å². The molecule has 0 aliphatic rings. The van der Waals surface area contributed by atoms with Gasteiger partial charge in [0.25, 0.3) is 10.0 Å². The summed E-state index contributed by atoms with van der Waals surface area (Å²) in [5, 5.41) is 3.28. The maximum absolute atomic E-state index is 14.0. The van der Waals surface area contributed by atoms with Gasteiger partial charge in [0.1, 0.15) is 18.3 Å². The number of rotatable bonds is 12. The Hall–Kier alpha value is -3.56. The van der Waals surface area contributed by atoms with E-state index in [1.165, 1.54) is 17.0 Å². The normalized spacial score (nSPS) is 11.9. The molecule has 0 aromatic heterocycles. The molecule has 3 aromatic carbocycles. The first-order valence-electron chi connectivity index (χ1n) is 13.0. The maximum Gasteiger partial charge on any atom is 0.264 e. The number of amides is 2. The molecule has 10 heteroatoms. The molecule has 3 aromatic rings. The van der Waals surface area contributed by atoms with Crippen LogP contribution in [0.3, 0.4) is 0 Å². The molecule has 0 fully saturated rings. The predicted octanol–water partition coefficient (Wildman–Crippen LogP) is 5.10. The Morgan fingerprint density at radius 1 is 1.00 bits per heavy atom. The number of benzene rings is 3. The van der Waals surface area contributed by atoms with Gasteiger partial charge in [-0.15, -0.1) is 0 Å². The van der Waals surface area contributed by atoms with Gasteiger partial charge in [-0.3, -0.25) is 13.9 Å². The van der Waals surface area contributed by atoms with Crippen LogP contribution in [0.1, 0.15) is 37.0 Å². The SMILES string of the molecule is CCCNC(=O)[C@@H](C)N(Cc1ccc(OC)cc1)C(=O)CN(c1ccc(Cl)cc1C)S(=O)(=O)c1ccc(C)cc1. The highest BCUT2D eigenvalue weighted by atomic mass is 35.5. The van der Waals surface area contributed by atoms with E-state index >= 15 is 0 Å². The zero-order valence-corrected chi connectivity index (χ0v) is 25.1. The lowest BCUT2D eigenvalue weighted by Gasteiger charge is -2.32. The molecule has 0 unspecified atom stereocenters. The standard InChI is InChI=1S/C30H36ClN3O5S/c1-6-17-32-30(36)23(4)33(19-24-9-12-26(39-5)13-10-24)29(35)20-34(28-16-11-25(31)18-22(28)3)40(37,38)27-14-7-21(2)8-15-27/h7-16,18,23H,6,17,19-20H2,1-5H3,(H,32,36)/t23-/m1/s1. The average molecular weight is 586 g/mol. The average Bonchev–Trinajstić information content (AvgIpc) is 2.93. The summed E-state index contributed by atoms with van der Waals surface area (Å²) in [6.45, 7) is 7.22. The third-order valence-corrected chi connectivity index (χ3v) is 8.55. The number of nitrogens with zero attached hydrogens (tertiary/aromatic N) is 2. The Bertz CT molecular complexity index is 1430. The Morgan fingerprint density at radius 3 is 2.23 bits per heavy atom. The summed E-state index contributed by atoms with van der Waals surface area (Å²) in [6.07, 6.45) is 0.739. The first-order chi connectivity index (χ1) is 19.0. The van der Waals surface area contributed by atoms with Crippen molar-refractivity contribution < 1.29 is 22.7 Å². The zero-order chi connectivity index (χ0) is 29.4. The van der Waals surface area contributed by atoms with E-state index in [2.05, 4.69) is 5.32 Å². The highest BCUT2D eigenvalue weighted by Crippen LogP contribution is 2.29. The zero-order valence-electron chi connectivity index (χ0n) is 23.5. The molecular weight excluding hydrogens is 550 g/mol. The summed E-state index contributed by atoms with van der Waals surface area (Å²) in [6, 6.07) is 17.6. The Kier molecular flexibility index (Phi) is 10.6. The number of nitrogens with one attached hydrogen (secondary N) is 1. The predicted molar refractivity (Wildman–Crippen MR) is 158 cm³/mol. The van der Waals surface area contributed by atoms with Crippen LogP contribution in [0.15, 0.2) is 71.6 Å². The van der Waals surface area contributed by atoms with Crippen molar-refractivity contribution in [2.75, 3.05) is 24.5 Å². The van der Waals surface area contributed by atoms with E-state index in [0.29, 0.717) is 28.6 Å². The number of sulfonamides is 1. The van der Waals surface area contributed by atoms with Crippen molar-refractivity contribution in [3.8, 4) is 5.75 Å². The van der Waals surface area contributed by atoms with Crippen molar-refractivity contribution in [3.63, 3.8) is 0 Å². The molecule has 0 heterocycles. The van der Waals surface area contributed by atoms with Gasteiger partial charge in [0.05, 0.1) is 17.7 Å². The van der Waals surface area contributed by atoms with Gasteiger partial charge in [0, 0.05) is 18.1 Å². The van der Waals surface area contributed by atoms with Gasteiger partial charge < -0.3 is 15.0 Å². The van der Waals surface area contributed by atoms with E-state index in [9.17, 15) is 18.0 Å². The largest absolute Gasteiger partial charge is 0.497 e. The number of hydrogen-bond donors (Lipinski definition) is 1. The van der Waals surface area contributed by atoms with E-state index in [0.717, 1.165) is 21.9 Å². The molecule has 0 radical (unpaired) electrons. The Balaban J connectivity index is 2.04. The van der Waals surface area contributed by atoms with Gasteiger partial charge in [-0.2, -0.15) is 0 Å². The first-order valence-corrected chi connectivity index (χ1v) is 14.9. The third-order valence-electron chi connectivity index (χ3n) is 6.54. The molecule has 0 aliphatic heterocycles. The molecule has 8 nitrogen and oxygen atoms in total. The summed E-state index contributed by atoms with van der Waals surface area (Å²) in [4.78, 5) is 28.4. The van der Waals surface area contributed by atoms with Gasteiger partial charge in [0.15, 0.2) is 0 Å². The van der Waals surface area contributed by atoms with Crippen LogP contribution in [-0.4, -0.2) is 51.4 Å². The van der Waals surface area contributed by atoms with Gasteiger partial charge in [-0.25, -0.2) is 8.42 Å². The highest BCUT2D eigenvalue weighted by Gasteiger charge is 2.33. The molecule has 0 aliphatic carbocycles. The fraction of sp³-hybridized carbons (Fsp3) is 0.333. The molecule has 0 bridgehead atoms. The fourth-order valence-corrected chi connectivity index (χ4v) is 5.86. The number of carbonyl (C=O) groups is 2. The van der Waals surface area contributed by atoms with Crippen LogP contribution in [-0.2, 0) is 26.2 Å². The van der Waals surface area contributed by atoms with Gasteiger partial charge >= 0.3 is 0 Å². The Labute approximate surface area is 241 Å². The van der Waals surface area contributed by atoms with Gasteiger partial charge in [-0.1, -0.05) is 48.4 Å². The van der Waals surface area contributed by atoms with Crippen molar-refractivity contribution in [2.45, 2.75) is 51.6 Å². The monoisotopic (exact) mass is 585 g/mol. The molecule has 1 N–H and O–H groups in total. The van der Waals surface area contributed by atoms with Crippen molar-refractivity contribution in [1.82, 2.24) is 10.2 Å². The summed E-state index contributed by atoms with van der Waals surface area (Å²) < 4.78 is 34.2. The number of anilines is 1. The van der Waals surface area contributed by atoms with E-state index in [1.807, 2.05) is 13.8 Å². The summed E-state index contributed by atoms with van der Waals surface area (Å²) in [5.41, 5.74) is 2.58. The van der Waals surface area contributed by atoms with Crippen LogP contribution in [0.5, 0.6) is 5.75 Å². The Morgan fingerprint density at radius 2 is 1.65 bits per heavy atom. The number of aryl methyl sites for hydroxylation is 2. The molecular formula is C30H36ClN3O5S. The molecule has 0 spiro atoms. The second kappa shape index (κ2) is 13.7. The second-order valence-corrected chi connectivity index (χ2v) is 11.9. The molecule has 0 saturated heterocycles. The number of methoxy groups -OCH3 is 1. The third kappa shape index (κ3) is 7.55. The van der Waals surface area contributed by atoms with Crippen LogP contribution >= 0.6 is 11.6 Å². The number of halogens is 1. The minimum absolute atomic E-state index is 0.0516. The minimum Gasteiger partial charge on any atom is -0.497 e. The van der Waals surface area contributed by atoms with E-state index in [4.69, 9.17) is 16.3 Å².